The Hall–Kier alpha value is -3.03. The van der Waals surface area contributed by atoms with Crippen molar-refractivity contribution in [2.75, 3.05) is 20.6 Å². The third-order valence-corrected chi connectivity index (χ3v) is 6.67. The van der Waals surface area contributed by atoms with E-state index in [2.05, 4.69) is 24.0 Å². The highest BCUT2D eigenvalue weighted by molar-refractivity contribution is 7.16. The predicted octanol–water partition coefficient (Wildman–Crippen LogP) is 4.37. The number of hydrogen-bond acceptors (Lipinski definition) is 5. The molecule has 0 amide bonds. The fourth-order valence-electron chi connectivity index (χ4n) is 4.36. The number of rotatable bonds is 7. The van der Waals surface area contributed by atoms with Crippen LogP contribution in [0.2, 0.25) is 0 Å². The first kappa shape index (κ1) is 19.9. The third kappa shape index (κ3) is 3.43. The molecule has 3 aromatic heterocycles. The van der Waals surface area contributed by atoms with E-state index in [1.807, 2.05) is 46.6 Å². The number of Topliss-reactive ketones (excluding diaryl/α,β-unsaturated/α-hetero) is 2. The summed E-state index contributed by atoms with van der Waals surface area (Å²) >= 11 is 1.59. The van der Waals surface area contributed by atoms with Crippen LogP contribution in [0.4, 0.5) is 0 Å². The number of para-hydroxylation sites is 1. The SMILES string of the molecule is CN(C)CCCCn1nc(C2=C(c3c[nH]c4sccc34)C(=O)CC2=O)c2ccccc21. The number of benzene rings is 1. The van der Waals surface area contributed by atoms with E-state index in [1.165, 1.54) is 0 Å². The first-order valence-electron chi connectivity index (χ1n) is 10.5. The first-order valence-corrected chi connectivity index (χ1v) is 11.4. The number of fused-ring (bicyclic) bond motifs is 2. The molecule has 1 aromatic carbocycles. The molecule has 0 aliphatic heterocycles. The predicted molar refractivity (Wildman–Crippen MR) is 125 cm³/mol. The number of nitrogens with zero attached hydrogens (tertiary/aromatic N) is 3. The lowest BCUT2D eigenvalue weighted by Gasteiger charge is -2.09. The molecule has 158 valence electrons. The number of carbonyl (C=O) groups excluding carboxylic acids is 2. The van der Waals surface area contributed by atoms with Crippen LogP contribution in [-0.2, 0) is 16.1 Å². The number of nitrogens with one attached hydrogen (secondary N) is 1. The van der Waals surface area contributed by atoms with E-state index in [-0.39, 0.29) is 18.0 Å². The van der Waals surface area contributed by atoms with Crippen molar-refractivity contribution in [2.45, 2.75) is 25.8 Å². The number of aromatic nitrogens is 3. The Morgan fingerprint density at radius 1 is 1.06 bits per heavy atom. The molecule has 0 radical (unpaired) electrons. The van der Waals surface area contributed by atoms with E-state index in [0.717, 1.165) is 52.6 Å². The van der Waals surface area contributed by atoms with Crippen LogP contribution in [0.1, 0.15) is 30.5 Å². The molecule has 31 heavy (non-hydrogen) atoms. The van der Waals surface area contributed by atoms with Crippen LogP contribution < -0.4 is 0 Å². The fraction of sp³-hybridized carbons (Fsp3) is 0.292. The van der Waals surface area contributed by atoms with Gasteiger partial charge in [-0.3, -0.25) is 14.3 Å². The van der Waals surface area contributed by atoms with Crippen LogP contribution >= 0.6 is 11.3 Å². The van der Waals surface area contributed by atoms with Gasteiger partial charge in [-0.25, -0.2) is 0 Å². The molecule has 3 heterocycles. The number of aryl methyl sites for hydroxylation is 1. The van der Waals surface area contributed by atoms with Crippen molar-refractivity contribution in [3.05, 3.63) is 53.2 Å². The summed E-state index contributed by atoms with van der Waals surface area (Å²) in [5, 5.41) is 8.75. The second-order valence-corrected chi connectivity index (χ2v) is 9.15. The van der Waals surface area contributed by atoms with Gasteiger partial charge >= 0.3 is 0 Å². The van der Waals surface area contributed by atoms with E-state index in [9.17, 15) is 9.59 Å². The van der Waals surface area contributed by atoms with Gasteiger partial charge < -0.3 is 9.88 Å². The summed E-state index contributed by atoms with van der Waals surface area (Å²) in [6.45, 7) is 1.80. The highest BCUT2D eigenvalue weighted by Crippen LogP contribution is 2.40. The van der Waals surface area contributed by atoms with Gasteiger partial charge in [-0.1, -0.05) is 18.2 Å². The summed E-state index contributed by atoms with van der Waals surface area (Å²) in [5.74, 6) is -0.274. The minimum Gasteiger partial charge on any atom is -0.352 e. The zero-order valence-corrected chi connectivity index (χ0v) is 18.5. The van der Waals surface area contributed by atoms with Gasteiger partial charge in [-0.2, -0.15) is 5.10 Å². The number of thiophene rings is 1. The molecule has 0 bridgehead atoms. The monoisotopic (exact) mass is 432 g/mol. The average molecular weight is 433 g/mol. The topological polar surface area (TPSA) is 71.0 Å². The van der Waals surface area contributed by atoms with Gasteiger partial charge in [0.2, 0.25) is 0 Å². The first-order chi connectivity index (χ1) is 15.0. The Morgan fingerprint density at radius 2 is 1.87 bits per heavy atom. The second kappa shape index (κ2) is 7.90. The lowest BCUT2D eigenvalue weighted by molar-refractivity contribution is -0.119. The van der Waals surface area contributed by atoms with Crippen molar-refractivity contribution in [2.24, 2.45) is 0 Å². The average Bonchev–Trinajstić information content (AvgIpc) is 3.48. The molecule has 0 atom stereocenters. The summed E-state index contributed by atoms with van der Waals surface area (Å²) in [4.78, 5) is 32.3. The van der Waals surface area contributed by atoms with E-state index >= 15 is 0 Å². The third-order valence-electron chi connectivity index (χ3n) is 5.82. The zero-order valence-electron chi connectivity index (χ0n) is 17.6. The molecule has 1 aliphatic rings. The number of ketones is 2. The Kier molecular flexibility index (Phi) is 5.08. The molecule has 0 spiro atoms. The van der Waals surface area contributed by atoms with E-state index in [4.69, 9.17) is 5.10 Å². The normalized spacial score (nSPS) is 14.8. The van der Waals surface area contributed by atoms with Gasteiger partial charge in [-0.05, 0) is 51.0 Å². The Balaban J connectivity index is 1.63. The van der Waals surface area contributed by atoms with Gasteiger partial charge in [0.05, 0.1) is 17.5 Å². The zero-order chi connectivity index (χ0) is 21.5. The number of hydrogen-bond donors (Lipinski definition) is 1. The van der Waals surface area contributed by atoms with Crippen molar-refractivity contribution in [1.29, 1.82) is 0 Å². The van der Waals surface area contributed by atoms with Crippen molar-refractivity contribution in [1.82, 2.24) is 19.7 Å². The highest BCUT2D eigenvalue weighted by Gasteiger charge is 2.36. The molecule has 0 unspecified atom stereocenters. The largest absolute Gasteiger partial charge is 0.352 e. The number of H-pyrrole nitrogens is 1. The highest BCUT2D eigenvalue weighted by atomic mass is 32.1. The van der Waals surface area contributed by atoms with Crippen LogP contribution in [0, 0.1) is 0 Å². The van der Waals surface area contributed by atoms with E-state index in [0.29, 0.717) is 16.8 Å². The molecular formula is C24H24N4O2S. The molecule has 1 N–H and O–H groups in total. The van der Waals surface area contributed by atoms with Gasteiger partial charge in [0.1, 0.15) is 10.5 Å². The lowest BCUT2D eigenvalue weighted by Crippen LogP contribution is -2.13. The Bertz CT molecular complexity index is 1340. The number of aromatic amines is 1. The summed E-state index contributed by atoms with van der Waals surface area (Å²) < 4.78 is 1.98. The van der Waals surface area contributed by atoms with Crippen molar-refractivity contribution in [3.63, 3.8) is 0 Å². The van der Waals surface area contributed by atoms with Crippen molar-refractivity contribution >= 4 is 55.2 Å². The maximum atomic E-state index is 13.0. The molecule has 5 rings (SSSR count). The smallest absolute Gasteiger partial charge is 0.173 e. The minimum absolute atomic E-state index is 0.0918. The van der Waals surface area contributed by atoms with Crippen molar-refractivity contribution < 1.29 is 9.59 Å². The van der Waals surface area contributed by atoms with Gasteiger partial charge in [0.15, 0.2) is 11.6 Å². The molecule has 0 saturated heterocycles. The van der Waals surface area contributed by atoms with Gasteiger partial charge in [0.25, 0.3) is 0 Å². The molecule has 7 heteroatoms. The number of allylic oxidation sites excluding steroid dienone is 2. The molecule has 0 fully saturated rings. The number of unbranched alkanes of at least 4 members (excludes halogenated alkanes) is 1. The van der Waals surface area contributed by atoms with Crippen LogP contribution in [-0.4, -0.2) is 51.9 Å². The molecule has 1 aliphatic carbocycles. The summed E-state index contributed by atoms with van der Waals surface area (Å²) in [6, 6.07) is 9.97. The summed E-state index contributed by atoms with van der Waals surface area (Å²) in [6.07, 6.45) is 3.82. The van der Waals surface area contributed by atoms with Crippen LogP contribution in [0.5, 0.6) is 0 Å². The van der Waals surface area contributed by atoms with Crippen LogP contribution in [0.15, 0.2) is 41.9 Å². The van der Waals surface area contributed by atoms with Crippen LogP contribution in [0.25, 0.3) is 32.3 Å². The molecular weight excluding hydrogens is 408 g/mol. The van der Waals surface area contributed by atoms with Crippen LogP contribution in [0.3, 0.4) is 0 Å². The maximum absolute atomic E-state index is 13.0. The minimum atomic E-state index is -0.146. The van der Waals surface area contributed by atoms with Gasteiger partial charge in [-0.15, -0.1) is 11.3 Å². The fourth-order valence-corrected chi connectivity index (χ4v) is 5.14. The van der Waals surface area contributed by atoms with E-state index in [1.54, 1.807) is 11.3 Å². The maximum Gasteiger partial charge on any atom is 0.173 e. The molecule has 0 saturated carbocycles. The molecule has 4 aromatic rings. The molecule has 6 nitrogen and oxygen atoms in total. The van der Waals surface area contributed by atoms with E-state index < -0.39 is 0 Å². The summed E-state index contributed by atoms with van der Waals surface area (Å²) in [5.41, 5.74) is 3.37. The second-order valence-electron chi connectivity index (χ2n) is 8.24. The van der Waals surface area contributed by atoms with Crippen molar-refractivity contribution in [3.8, 4) is 0 Å². The summed E-state index contributed by atoms with van der Waals surface area (Å²) in [7, 11) is 4.15. The lowest BCUT2D eigenvalue weighted by atomic mass is 9.98. The quantitative estimate of drug-likeness (QED) is 0.348. The Labute approximate surface area is 184 Å². The standard InChI is InChI=1S/C24H24N4O2S/c1-27(2)10-5-6-11-28-18-8-4-3-7-16(18)23(26-28)22-20(30)13-19(29)21(22)17-14-25-24-15(17)9-12-31-24/h3-4,7-9,12,14,25H,5-6,10-11,13H2,1-2H3. The number of carbonyl (C=O) groups is 2. The van der Waals surface area contributed by atoms with Gasteiger partial charge in [0, 0.05) is 34.7 Å². The Morgan fingerprint density at radius 3 is 2.71 bits per heavy atom.